The molecule has 0 aliphatic heterocycles. The van der Waals surface area contributed by atoms with E-state index in [1.165, 1.54) is 24.3 Å². The molecule has 0 heterocycles. The Hall–Kier alpha value is -2.71. The summed E-state index contributed by atoms with van der Waals surface area (Å²) in [5, 5.41) is 11.8. The molecule has 0 aromatic heterocycles. The molecule has 0 saturated carbocycles. The lowest BCUT2D eigenvalue weighted by molar-refractivity contribution is -0.137. The van der Waals surface area contributed by atoms with Gasteiger partial charge >= 0.3 is 5.97 Å². The van der Waals surface area contributed by atoms with Gasteiger partial charge in [-0.3, -0.25) is 9.59 Å². The lowest BCUT2D eigenvalue weighted by Crippen LogP contribution is -2.29. The van der Waals surface area contributed by atoms with Crippen LogP contribution in [-0.4, -0.2) is 31.9 Å². The monoisotopic (exact) mass is 390 g/mol. The van der Waals surface area contributed by atoms with E-state index in [4.69, 9.17) is 5.11 Å². The van der Waals surface area contributed by atoms with Gasteiger partial charge in [-0.1, -0.05) is 37.3 Å². The summed E-state index contributed by atoms with van der Waals surface area (Å²) in [7, 11) is -3.58. The van der Waals surface area contributed by atoms with Crippen molar-refractivity contribution >= 4 is 21.9 Å². The minimum absolute atomic E-state index is 0.0754. The molecule has 2 aromatic carbocycles. The first-order chi connectivity index (χ1) is 12.8. The van der Waals surface area contributed by atoms with Crippen LogP contribution in [0.5, 0.6) is 0 Å². The molecule has 0 aliphatic rings. The van der Waals surface area contributed by atoms with E-state index in [0.29, 0.717) is 5.56 Å². The molecule has 2 aromatic rings. The maximum atomic E-state index is 12.5. The Morgan fingerprint density at radius 1 is 1.04 bits per heavy atom. The first kappa shape index (κ1) is 20.6. The highest BCUT2D eigenvalue weighted by molar-refractivity contribution is 7.89. The van der Waals surface area contributed by atoms with E-state index in [2.05, 4.69) is 10.0 Å². The summed E-state index contributed by atoms with van der Waals surface area (Å²) in [6.45, 7) is 1.95. The average molecular weight is 390 g/mol. The molecule has 0 fully saturated rings. The Balaban J connectivity index is 2.16. The van der Waals surface area contributed by atoms with E-state index < -0.39 is 27.9 Å². The number of sulfonamides is 1. The summed E-state index contributed by atoms with van der Waals surface area (Å²) < 4.78 is 26.3. The summed E-state index contributed by atoms with van der Waals surface area (Å²) >= 11 is 0. The van der Waals surface area contributed by atoms with E-state index in [-0.39, 0.29) is 24.3 Å². The van der Waals surface area contributed by atoms with E-state index >= 15 is 0 Å². The van der Waals surface area contributed by atoms with Crippen LogP contribution in [0.15, 0.2) is 59.5 Å². The van der Waals surface area contributed by atoms with Gasteiger partial charge in [-0.15, -0.1) is 0 Å². The fraction of sp³-hybridized carbons (Fsp3) is 0.263. The maximum absolute atomic E-state index is 12.5. The van der Waals surface area contributed by atoms with Crippen LogP contribution in [-0.2, 0) is 14.8 Å². The molecule has 27 heavy (non-hydrogen) atoms. The van der Waals surface area contributed by atoms with Crippen LogP contribution in [0.25, 0.3) is 0 Å². The van der Waals surface area contributed by atoms with Crippen molar-refractivity contribution in [3.05, 3.63) is 65.7 Å². The predicted molar refractivity (Wildman–Crippen MR) is 101 cm³/mol. The Morgan fingerprint density at radius 3 is 2.22 bits per heavy atom. The van der Waals surface area contributed by atoms with E-state index in [9.17, 15) is 18.0 Å². The van der Waals surface area contributed by atoms with Gasteiger partial charge in [0, 0.05) is 18.5 Å². The van der Waals surface area contributed by atoms with Crippen LogP contribution in [0.2, 0.25) is 0 Å². The van der Waals surface area contributed by atoms with Gasteiger partial charge < -0.3 is 10.4 Å². The van der Waals surface area contributed by atoms with Crippen molar-refractivity contribution in [2.75, 3.05) is 6.54 Å². The van der Waals surface area contributed by atoms with Crippen molar-refractivity contribution in [1.82, 2.24) is 10.0 Å². The third kappa shape index (κ3) is 5.90. The number of hydrogen-bond donors (Lipinski definition) is 3. The topological polar surface area (TPSA) is 113 Å². The molecule has 0 radical (unpaired) electrons. The normalized spacial score (nSPS) is 12.3. The largest absolute Gasteiger partial charge is 0.481 e. The third-order valence-corrected chi connectivity index (χ3v) is 5.48. The predicted octanol–water partition coefficient (Wildman–Crippen LogP) is 2.32. The van der Waals surface area contributed by atoms with Gasteiger partial charge in [0.1, 0.15) is 0 Å². The number of carbonyl (C=O) groups excluding carboxylic acids is 1. The molecular formula is C19H22N2O5S. The van der Waals surface area contributed by atoms with Crippen LogP contribution >= 0.6 is 0 Å². The molecule has 8 heteroatoms. The summed E-state index contributed by atoms with van der Waals surface area (Å²) in [6, 6.07) is 14.2. The molecular weight excluding hydrogens is 368 g/mol. The molecule has 3 N–H and O–H groups in total. The van der Waals surface area contributed by atoms with Gasteiger partial charge in [0.15, 0.2) is 0 Å². The van der Waals surface area contributed by atoms with Gasteiger partial charge in [0.05, 0.1) is 10.9 Å². The molecule has 1 unspecified atom stereocenters. The number of carbonyl (C=O) groups is 2. The number of carboxylic acid groups (broad SMARTS) is 1. The number of nitrogens with one attached hydrogen (secondary N) is 2. The first-order valence-corrected chi connectivity index (χ1v) is 9.99. The molecule has 1 atom stereocenters. The van der Waals surface area contributed by atoms with Crippen molar-refractivity contribution in [1.29, 1.82) is 0 Å². The molecule has 0 aliphatic carbocycles. The standard InChI is InChI=1S/C19H22N2O5S/c1-2-20-27(25,26)16-10-8-15(9-11-16)19(24)21-17(12-13-18(22)23)14-6-4-3-5-7-14/h3-11,17,20H,2,12-13H2,1H3,(H,21,24)(H,22,23). The molecule has 0 saturated heterocycles. The van der Waals surface area contributed by atoms with Crippen molar-refractivity contribution in [2.24, 2.45) is 0 Å². The SMILES string of the molecule is CCNS(=O)(=O)c1ccc(C(=O)NC(CCC(=O)O)c2ccccc2)cc1. The smallest absolute Gasteiger partial charge is 0.303 e. The quantitative estimate of drug-likeness (QED) is 0.608. The van der Waals surface area contributed by atoms with Gasteiger partial charge in [-0.05, 0) is 36.2 Å². The van der Waals surface area contributed by atoms with Crippen molar-refractivity contribution in [3.63, 3.8) is 0 Å². The highest BCUT2D eigenvalue weighted by atomic mass is 32.2. The van der Waals surface area contributed by atoms with Crippen LogP contribution in [0, 0.1) is 0 Å². The fourth-order valence-corrected chi connectivity index (χ4v) is 3.62. The van der Waals surface area contributed by atoms with Crippen molar-refractivity contribution in [2.45, 2.75) is 30.7 Å². The Bertz CT molecular complexity index is 880. The second kappa shape index (κ2) is 9.29. The molecule has 0 bridgehead atoms. The first-order valence-electron chi connectivity index (χ1n) is 8.51. The molecule has 7 nitrogen and oxygen atoms in total. The second-order valence-electron chi connectivity index (χ2n) is 5.89. The lowest BCUT2D eigenvalue weighted by Gasteiger charge is -2.18. The van der Waals surface area contributed by atoms with Gasteiger partial charge in [-0.25, -0.2) is 13.1 Å². The van der Waals surface area contributed by atoms with Crippen LogP contribution < -0.4 is 10.0 Å². The number of amides is 1. The number of carboxylic acids is 1. The summed E-state index contributed by atoms with van der Waals surface area (Å²) in [6.07, 6.45) is 0.164. The zero-order valence-electron chi connectivity index (χ0n) is 14.9. The van der Waals surface area contributed by atoms with Crippen molar-refractivity contribution in [3.8, 4) is 0 Å². The van der Waals surface area contributed by atoms with Crippen molar-refractivity contribution < 1.29 is 23.1 Å². The lowest BCUT2D eigenvalue weighted by atomic mass is 10.0. The van der Waals surface area contributed by atoms with Gasteiger partial charge in [0.25, 0.3) is 5.91 Å². The molecule has 144 valence electrons. The Morgan fingerprint density at radius 2 is 1.67 bits per heavy atom. The Kier molecular flexibility index (Phi) is 7.09. The fourth-order valence-electron chi connectivity index (χ4n) is 2.58. The summed E-state index contributed by atoms with van der Waals surface area (Å²) in [5.74, 6) is -1.34. The van der Waals surface area contributed by atoms with Crippen LogP contribution in [0.3, 0.4) is 0 Å². The second-order valence-corrected chi connectivity index (χ2v) is 7.66. The molecule has 2 rings (SSSR count). The third-order valence-electron chi connectivity index (χ3n) is 3.92. The van der Waals surface area contributed by atoms with Gasteiger partial charge in [0.2, 0.25) is 10.0 Å². The van der Waals surface area contributed by atoms with E-state index in [0.717, 1.165) is 5.56 Å². The Labute approximate surface area is 158 Å². The highest BCUT2D eigenvalue weighted by Crippen LogP contribution is 2.19. The number of aliphatic carboxylic acids is 1. The van der Waals surface area contributed by atoms with E-state index in [1.807, 2.05) is 30.3 Å². The average Bonchev–Trinajstić information content (AvgIpc) is 2.65. The minimum atomic E-state index is -3.58. The number of rotatable bonds is 9. The summed E-state index contributed by atoms with van der Waals surface area (Å²) in [5.41, 5.74) is 1.10. The van der Waals surface area contributed by atoms with Crippen LogP contribution in [0.1, 0.15) is 41.7 Å². The summed E-state index contributed by atoms with van der Waals surface area (Å²) in [4.78, 5) is 23.5. The van der Waals surface area contributed by atoms with E-state index in [1.54, 1.807) is 6.92 Å². The van der Waals surface area contributed by atoms with Crippen LogP contribution in [0.4, 0.5) is 0 Å². The molecule has 1 amide bonds. The number of benzene rings is 2. The zero-order valence-corrected chi connectivity index (χ0v) is 15.7. The molecule has 0 spiro atoms. The minimum Gasteiger partial charge on any atom is -0.481 e. The highest BCUT2D eigenvalue weighted by Gasteiger charge is 2.18. The van der Waals surface area contributed by atoms with Gasteiger partial charge in [-0.2, -0.15) is 0 Å². The number of hydrogen-bond acceptors (Lipinski definition) is 4. The maximum Gasteiger partial charge on any atom is 0.303 e. The zero-order chi connectivity index (χ0) is 19.9.